The summed E-state index contributed by atoms with van der Waals surface area (Å²) in [4.78, 5) is 11.8. The van der Waals surface area contributed by atoms with E-state index in [2.05, 4.69) is 26.6 Å². The first-order chi connectivity index (χ1) is 9.54. The zero-order valence-corrected chi connectivity index (χ0v) is 13.3. The van der Waals surface area contributed by atoms with Gasteiger partial charge in [0.15, 0.2) is 0 Å². The summed E-state index contributed by atoms with van der Waals surface area (Å²) in [5, 5.41) is 6.54. The van der Waals surface area contributed by atoms with Crippen LogP contribution in [-0.4, -0.2) is 12.5 Å². The van der Waals surface area contributed by atoms with Gasteiger partial charge < -0.3 is 10.6 Å². The van der Waals surface area contributed by atoms with Crippen LogP contribution in [0.1, 0.15) is 5.56 Å². The van der Waals surface area contributed by atoms with Crippen molar-refractivity contribution in [2.75, 3.05) is 17.2 Å². The predicted octanol–water partition coefficient (Wildman–Crippen LogP) is 4.46. The highest BCUT2D eigenvalue weighted by Crippen LogP contribution is 2.23. The Morgan fingerprint density at radius 1 is 1.20 bits per heavy atom. The highest BCUT2D eigenvalue weighted by Gasteiger charge is 2.04. The summed E-state index contributed by atoms with van der Waals surface area (Å²) in [6, 6.07) is 13.0. The highest BCUT2D eigenvalue weighted by atomic mass is 79.9. The molecule has 0 fully saturated rings. The smallest absolute Gasteiger partial charge is 0.243 e. The summed E-state index contributed by atoms with van der Waals surface area (Å²) in [6.07, 6.45) is 0. The molecule has 0 aliphatic heterocycles. The first kappa shape index (κ1) is 14.9. The lowest BCUT2D eigenvalue weighted by Gasteiger charge is -2.10. The minimum atomic E-state index is -0.110. The van der Waals surface area contributed by atoms with Crippen molar-refractivity contribution in [3.05, 3.63) is 57.5 Å². The highest BCUT2D eigenvalue weighted by molar-refractivity contribution is 9.10. The molecule has 0 aromatic heterocycles. The van der Waals surface area contributed by atoms with E-state index in [9.17, 15) is 4.79 Å². The molecular formula is C15H14BrClN2O. The second kappa shape index (κ2) is 6.77. The normalized spacial score (nSPS) is 10.2. The van der Waals surface area contributed by atoms with Crippen LogP contribution >= 0.6 is 27.5 Å². The van der Waals surface area contributed by atoms with E-state index in [1.165, 1.54) is 0 Å². The molecule has 0 heterocycles. The van der Waals surface area contributed by atoms with Gasteiger partial charge in [0.05, 0.1) is 6.54 Å². The molecule has 2 aromatic rings. The lowest BCUT2D eigenvalue weighted by atomic mass is 10.2. The van der Waals surface area contributed by atoms with Crippen molar-refractivity contribution in [2.45, 2.75) is 6.92 Å². The van der Waals surface area contributed by atoms with Crippen LogP contribution in [0, 0.1) is 6.92 Å². The number of halogens is 2. The summed E-state index contributed by atoms with van der Waals surface area (Å²) in [6.45, 7) is 2.20. The van der Waals surface area contributed by atoms with E-state index >= 15 is 0 Å². The fourth-order valence-corrected chi connectivity index (χ4v) is 2.20. The SMILES string of the molecule is Cc1ccc(Br)c(NCC(=O)Nc2ccc(Cl)cc2)c1. The van der Waals surface area contributed by atoms with Crippen molar-refractivity contribution in [3.63, 3.8) is 0 Å². The Labute approximate surface area is 131 Å². The second-order valence-corrected chi connectivity index (χ2v) is 5.68. The summed E-state index contributed by atoms with van der Waals surface area (Å²) >= 11 is 9.24. The molecule has 0 aliphatic carbocycles. The number of carbonyl (C=O) groups excluding carboxylic acids is 1. The maximum Gasteiger partial charge on any atom is 0.243 e. The summed E-state index contributed by atoms with van der Waals surface area (Å²) in [5.74, 6) is -0.110. The molecule has 0 saturated carbocycles. The molecule has 2 N–H and O–H groups in total. The van der Waals surface area contributed by atoms with E-state index < -0.39 is 0 Å². The van der Waals surface area contributed by atoms with Crippen LogP contribution in [0.2, 0.25) is 5.02 Å². The van der Waals surface area contributed by atoms with Gasteiger partial charge in [-0.05, 0) is 64.8 Å². The zero-order chi connectivity index (χ0) is 14.5. The second-order valence-electron chi connectivity index (χ2n) is 4.39. The third-order valence-electron chi connectivity index (χ3n) is 2.69. The van der Waals surface area contributed by atoms with Crippen molar-refractivity contribution in [3.8, 4) is 0 Å². The molecule has 0 aliphatic rings. The minimum Gasteiger partial charge on any atom is -0.375 e. The number of nitrogens with one attached hydrogen (secondary N) is 2. The number of aryl methyl sites for hydroxylation is 1. The van der Waals surface area contributed by atoms with Crippen LogP contribution in [0.3, 0.4) is 0 Å². The molecule has 5 heteroatoms. The van der Waals surface area contributed by atoms with Gasteiger partial charge in [0, 0.05) is 20.9 Å². The quantitative estimate of drug-likeness (QED) is 0.852. The molecular weight excluding hydrogens is 340 g/mol. The molecule has 104 valence electrons. The van der Waals surface area contributed by atoms with Crippen molar-refractivity contribution in [2.24, 2.45) is 0 Å². The topological polar surface area (TPSA) is 41.1 Å². The maximum atomic E-state index is 11.8. The van der Waals surface area contributed by atoms with Gasteiger partial charge in [-0.3, -0.25) is 4.79 Å². The molecule has 3 nitrogen and oxygen atoms in total. The molecule has 2 rings (SSSR count). The Kier molecular flexibility index (Phi) is 5.04. The van der Waals surface area contributed by atoms with Crippen LogP contribution in [0.5, 0.6) is 0 Å². The first-order valence-electron chi connectivity index (χ1n) is 6.10. The standard InChI is InChI=1S/C15H14BrClN2O/c1-10-2-7-13(16)14(8-10)18-9-15(20)19-12-5-3-11(17)4-6-12/h2-8,18H,9H2,1H3,(H,19,20). The minimum absolute atomic E-state index is 0.110. The van der Waals surface area contributed by atoms with Crippen molar-refractivity contribution in [1.29, 1.82) is 0 Å². The van der Waals surface area contributed by atoms with Crippen LogP contribution in [0.4, 0.5) is 11.4 Å². The van der Waals surface area contributed by atoms with Crippen LogP contribution in [-0.2, 0) is 4.79 Å². The fourth-order valence-electron chi connectivity index (χ4n) is 1.69. The van der Waals surface area contributed by atoms with E-state index in [0.29, 0.717) is 5.02 Å². The van der Waals surface area contributed by atoms with Crippen molar-refractivity contribution >= 4 is 44.8 Å². The number of amides is 1. The van der Waals surface area contributed by atoms with Gasteiger partial charge in [0.25, 0.3) is 0 Å². The van der Waals surface area contributed by atoms with Gasteiger partial charge in [-0.15, -0.1) is 0 Å². The summed E-state index contributed by atoms with van der Waals surface area (Å²) in [7, 11) is 0. The first-order valence-corrected chi connectivity index (χ1v) is 7.27. The van der Waals surface area contributed by atoms with E-state index in [4.69, 9.17) is 11.6 Å². The number of benzene rings is 2. The molecule has 0 saturated heterocycles. The van der Waals surface area contributed by atoms with Gasteiger partial charge in [0.1, 0.15) is 0 Å². The molecule has 0 unspecified atom stereocenters. The van der Waals surface area contributed by atoms with Crippen LogP contribution in [0.15, 0.2) is 46.9 Å². The third-order valence-corrected chi connectivity index (χ3v) is 3.63. The van der Waals surface area contributed by atoms with Crippen molar-refractivity contribution in [1.82, 2.24) is 0 Å². The molecule has 2 aromatic carbocycles. The van der Waals surface area contributed by atoms with E-state index in [-0.39, 0.29) is 12.5 Å². The predicted molar refractivity (Wildman–Crippen MR) is 87.5 cm³/mol. The van der Waals surface area contributed by atoms with Gasteiger partial charge in [0.2, 0.25) is 5.91 Å². The lowest BCUT2D eigenvalue weighted by molar-refractivity contribution is -0.114. The number of rotatable bonds is 4. The average molecular weight is 354 g/mol. The zero-order valence-electron chi connectivity index (χ0n) is 10.9. The Balaban J connectivity index is 1.92. The number of hydrogen-bond acceptors (Lipinski definition) is 2. The van der Waals surface area contributed by atoms with E-state index in [0.717, 1.165) is 21.4 Å². The summed E-state index contributed by atoms with van der Waals surface area (Å²) < 4.78 is 0.933. The van der Waals surface area contributed by atoms with Gasteiger partial charge >= 0.3 is 0 Å². The number of anilines is 2. The Hall–Kier alpha value is -1.52. The molecule has 1 amide bonds. The molecule has 0 atom stereocenters. The van der Waals surface area contributed by atoms with Crippen molar-refractivity contribution < 1.29 is 4.79 Å². The van der Waals surface area contributed by atoms with Crippen LogP contribution in [0.25, 0.3) is 0 Å². The van der Waals surface area contributed by atoms with Gasteiger partial charge in [-0.2, -0.15) is 0 Å². The maximum absolute atomic E-state index is 11.8. The van der Waals surface area contributed by atoms with Gasteiger partial charge in [-0.1, -0.05) is 17.7 Å². The molecule has 0 bridgehead atoms. The molecule has 0 spiro atoms. The lowest BCUT2D eigenvalue weighted by Crippen LogP contribution is -2.21. The van der Waals surface area contributed by atoms with Crippen LogP contribution < -0.4 is 10.6 Å². The number of carbonyl (C=O) groups is 1. The summed E-state index contributed by atoms with van der Waals surface area (Å²) in [5.41, 5.74) is 2.76. The largest absolute Gasteiger partial charge is 0.375 e. The van der Waals surface area contributed by atoms with E-state index in [1.807, 2.05) is 25.1 Å². The number of hydrogen-bond donors (Lipinski definition) is 2. The fraction of sp³-hybridized carbons (Fsp3) is 0.133. The monoisotopic (exact) mass is 352 g/mol. The average Bonchev–Trinajstić information content (AvgIpc) is 2.42. The van der Waals surface area contributed by atoms with E-state index in [1.54, 1.807) is 24.3 Å². The Bertz CT molecular complexity index is 614. The Morgan fingerprint density at radius 3 is 2.60 bits per heavy atom. The molecule has 20 heavy (non-hydrogen) atoms. The third kappa shape index (κ3) is 4.25. The van der Waals surface area contributed by atoms with Gasteiger partial charge in [-0.25, -0.2) is 0 Å². The Morgan fingerprint density at radius 2 is 1.90 bits per heavy atom. The molecule has 0 radical (unpaired) electrons.